The van der Waals surface area contributed by atoms with E-state index in [1.54, 1.807) is 16.0 Å². The maximum atomic E-state index is 6.04. The largest absolute Gasteiger partial charge is 0.323 e. The van der Waals surface area contributed by atoms with Crippen molar-refractivity contribution in [3.05, 3.63) is 40.3 Å². The van der Waals surface area contributed by atoms with Gasteiger partial charge in [0, 0.05) is 30.6 Å². The molecule has 0 saturated carbocycles. The van der Waals surface area contributed by atoms with Crippen LogP contribution < -0.4 is 5.73 Å². The highest BCUT2D eigenvalue weighted by molar-refractivity contribution is 7.10. The fraction of sp³-hybridized carbons (Fsp3) is 0.300. The van der Waals surface area contributed by atoms with Crippen LogP contribution in [-0.4, -0.2) is 9.78 Å². The maximum absolute atomic E-state index is 6.04. The maximum Gasteiger partial charge on any atom is 0.0643 e. The highest BCUT2D eigenvalue weighted by Gasteiger charge is 2.09. The van der Waals surface area contributed by atoms with Gasteiger partial charge in [0.1, 0.15) is 0 Å². The number of hydrogen-bond acceptors (Lipinski definition) is 3. The third-order valence-electron chi connectivity index (χ3n) is 2.11. The van der Waals surface area contributed by atoms with Crippen LogP contribution in [0.15, 0.2) is 29.8 Å². The van der Waals surface area contributed by atoms with Gasteiger partial charge in [0.15, 0.2) is 0 Å². The highest BCUT2D eigenvalue weighted by atomic mass is 32.1. The van der Waals surface area contributed by atoms with Crippen LogP contribution in [-0.2, 0) is 13.5 Å². The minimum atomic E-state index is 0.0740. The van der Waals surface area contributed by atoms with Crippen LogP contribution >= 0.6 is 11.3 Å². The number of thiophene rings is 1. The van der Waals surface area contributed by atoms with Gasteiger partial charge in [-0.2, -0.15) is 5.10 Å². The van der Waals surface area contributed by atoms with E-state index in [4.69, 9.17) is 5.73 Å². The van der Waals surface area contributed by atoms with E-state index in [1.807, 2.05) is 30.8 Å². The number of rotatable bonds is 3. The lowest BCUT2D eigenvalue weighted by Crippen LogP contribution is -2.12. The molecule has 0 aromatic carbocycles. The molecule has 0 saturated heterocycles. The van der Waals surface area contributed by atoms with E-state index in [0.29, 0.717) is 0 Å². The Balaban J connectivity index is 2.05. The first-order valence-electron chi connectivity index (χ1n) is 4.53. The van der Waals surface area contributed by atoms with E-state index >= 15 is 0 Å². The summed E-state index contributed by atoms with van der Waals surface area (Å²) < 4.78 is 1.80. The average molecular weight is 207 g/mol. The summed E-state index contributed by atoms with van der Waals surface area (Å²) in [5, 5.41) is 6.35. The van der Waals surface area contributed by atoms with Gasteiger partial charge in [0.2, 0.25) is 0 Å². The van der Waals surface area contributed by atoms with Crippen molar-refractivity contribution in [3.8, 4) is 0 Å². The molecule has 0 radical (unpaired) electrons. The van der Waals surface area contributed by atoms with Crippen LogP contribution in [0.5, 0.6) is 0 Å². The summed E-state index contributed by atoms with van der Waals surface area (Å²) in [5.74, 6) is 0. The molecule has 0 amide bonds. The molecule has 2 N–H and O–H groups in total. The second-order valence-corrected chi connectivity index (χ2v) is 4.29. The molecule has 0 bridgehead atoms. The van der Waals surface area contributed by atoms with E-state index in [0.717, 1.165) is 12.1 Å². The van der Waals surface area contributed by atoms with Gasteiger partial charge in [-0.3, -0.25) is 4.68 Å². The van der Waals surface area contributed by atoms with Crippen LogP contribution in [0.25, 0.3) is 0 Å². The third kappa shape index (κ3) is 2.02. The minimum absolute atomic E-state index is 0.0740. The Morgan fingerprint density at radius 1 is 1.57 bits per heavy atom. The Bertz CT molecular complexity index is 391. The molecule has 2 aromatic rings. The Hall–Kier alpha value is -1.13. The summed E-state index contributed by atoms with van der Waals surface area (Å²) in [4.78, 5) is 1.22. The lowest BCUT2D eigenvalue weighted by molar-refractivity contribution is 0.683. The van der Waals surface area contributed by atoms with Gasteiger partial charge in [-0.15, -0.1) is 11.3 Å². The summed E-state index contributed by atoms with van der Waals surface area (Å²) >= 11 is 1.70. The SMILES string of the molecule is Cn1ccc(CC(N)c2cccs2)n1. The van der Waals surface area contributed by atoms with Crippen molar-refractivity contribution < 1.29 is 0 Å². The molecule has 0 aliphatic heterocycles. The molecule has 14 heavy (non-hydrogen) atoms. The van der Waals surface area contributed by atoms with Crippen molar-refractivity contribution in [1.82, 2.24) is 9.78 Å². The van der Waals surface area contributed by atoms with Crippen molar-refractivity contribution in [2.45, 2.75) is 12.5 Å². The molecule has 0 aliphatic rings. The zero-order valence-electron chi connectivity index (χ0n) is 8.05. The monoisotopic (exact) mass is 207 g/mol. The van der Waals surface area contributed by atoms with Crippen molar-refractivity contribution in [2.75, 3.05) is 0 Å². The number of aryl methyl sites for hydroxylation is 1. The normalized spacial score (nSPS) is 13.0. The van der Waals surface area contributed by atoms with Crippen molar-refractivity contribution >= 4 is 11.3 Å². The summed E-state index contributed by atoms with van der Waals surface area (Å²) in [5.41, 5.74) is 7.09. The van der Waals surface area contributed by atoms with Gasteiger partial charge in [-0.25, -0.2) is 0 Å². The topological polar surface area (TPSA) is 43.8 Å². The average Bonchev–Trinajstić information content (AvgIpc) is 2.75. The van der Waals surface area contributed by atoms with Gasteiger partial charge < -0.3 is 5.73 Å². The first kappa shape index (κ1) is 9.43. The summed E-state index contributed by atoms with van der Waals surface area (Å²) in [6.45, 7) is 0. The third-order valence-corrected chi connectivity index (χ3v) is 3.11. The molecule has 2 heterocycles. The van der Waals surface area contributed by atoms with Crippen molar-refractivity contribution in [3.63, 3.8) is 0 Å². The van der Waals surface area contributed by atoms with Crippen LogP contribution in [0.4, 0.5) is 0 Å². The van der Waals surface area contributed by atoms with Gasteiger partial charge in [-0.1, -0.05) is 6.07 Å². The van der Waals surface area contributed by atoms with E-state index in [1.165, 1.54) is 4.88 Å². The van der Waals surface area contributed by atoms with Gasteiger partial charge >= 0.3 is 0 Å². The van der Waals surface area contributed by atoms with Gasteiger partial charge in [0.05, 0.1) is 5.69 Å². The van der Waals surface area contributed by atoms with E-state index in [-0.39, 0.29) is 6.04 Å². The standard InChI is InChI=1S/C10H13N3S/c1-13-5-4-8(12-13)7-9(11)10-3-2-6-14-10/h2-6,9H,7,11H2,1H3. The van der Waals surface area contributed by atoms with Crippen LogP contribution in [0.3, 0.4) is 0 Å². The minimum Gasteiger partial charge on any atom is -0.323 e. The Morgan fingerprint density at radius 2 is 2.43 bits per heavy atom. The molecule has 1 atom stereocenters. The van der Waals surface area contributed by atoms with Crippen LogP contribution in [0, 0.1) is 0 Å². The molecule has 3 nitrogen and oxygen atoms in total. The smallest absolute Gasteiger partial charge is 0.0643 e. The lowest BCUT2D eigenvalue weighted by atomic mass is 10.1. The Morgan fingerprint density at radius 3 is 3.00 bits per heavy atom. The first-order valence-corrected chi connectivity index (χ1v) is 5.41. The zero-order chi connectivity index (χ0) is 9.97. The van der Waals surface area contributed by atoms with E-state index in [2.05, 4.69) is 11.2 Å². The first-order chi connectivity index (χ1) is 6.75. The molecular weight excluding hydrogens is 194 g/mol. The van der Waals surface area contributed by atoms with Crippen molar-refractivity contribution in [2.24, 2.45) is 12.8 Å². The Labute approximate surface area is 87.2 Å². The molecule has 4 heteroatoms. The number of hydrogen-bond donors (Lipinski definition) is 1. The molecule has 74 valence electrons. The second kappa shape index (κ2) is 3.94. The highest BCUT2D eigenvalue weighted by Crippen LogP contribution is 2.19. The number of nitrogens with two attached hydrogens (primary N) is 1. The fourth-order valence-corrected chi connectivity index (χ4v) is 2.13. The van der Waals surface area contributed by atoms with Crippen molar-refractivity contribution in [1.29, 1.82) is 0 Å². The molecule has 1 unspecified atom stereocenters. The van der Waals surface area contributed by atoms with E-state index < -0.39 is 0 Å². The summed E-state index contributed by atoms with van der Waals surface area (Å²) in [6, 6.07) is 6.18. The Kier molecular flexibility index (Phi) is 2.65. The van der Waals surface area contributed by atoms with Crippen LogP contribution in [0.1, 0.15) is 16.6 Å². The molecular formula is C10H13N3S. The fourth-order valence-electron chi connectivity index (χ4n) is 1.40. The summed E-state index contributed by atoms with van der Waals surface area (Å²) in [6.07, 6.45) is 2.75. The van der Waals surface area contributed by atoms with Gasteiger partial charge in [-0.05, 0) is 17.5 Å². The predicted octanol–water partition coefficient (Wildman–Crippen LogP) is 1.72. The summed E-state index contributed by atoms with van der Waals surface area (Å²) in [7, 11) is 1.92. The number of nitrogens with zero attached hydrogens (tertiary/aromatic N) is 2. The molecule has 0 aliphatic carbocycles. The molecule has 0 fully saturated rings. The van der Waals surface area contributed by atoms with Crippen LogP contribution in [0.2, 0.25) is 0 Å². The second-order valence-electron chi connectivity index (χ2n) is 3.31. The molecule has 2 rings (SSSR count). The molecule has 2 aromatic heterocycles. The predicted molar refractivity (Wildman–Crippen MR) is 58.2 cm³/mol. The van der Waals surface area contributed by atoms with Gasteiger partial charge in [0.25, 0.3) is 0 Å². The lowest BCUT2D eigenvalue weighted by Gasteiger charge is -2.06. The quantitative estimate of drug-likeness (QED) is 0.833. The number of aromatic nitrogens is 2. The molecule has 0 spiro atoms. The zero-order valence-corrected chi connectivity index (χ0v) is 8.87. The van der Waals surface area contributed by atoms with E-state index in [9.17, 15) is 0 Å².